The molecule has 0 bridgehead atoms. The molecule has 3 fully saturated rings. The van der Waals surface area contributed by atoms with Gasteiger partial charge in [-0.2, -0.15) is 0 Å². The molecule has 1 aromatic heterocycles. The average molecular weight is 617 g/mol. The van der Waals surface area contributed by atoms with Crippen molar-refractivity contribution in [3.05, 3.63) is 58.3 Å². The maximum absolute atomic E-state index is 14.4. The van der Waals surface area contributed by atoms with Crippen molar-refractivity contribution in [3.8, 4) is 0 Å². The third-order valence-electron chi connectivity index (χ3n) is 8.82. The first-order chi connectivity index (χ1) is 19.2. The van der Waals surface area contributed by atoms with Gasteiger partial charge in [0.15, 0.2) is 6.29 Å². The lowest BCUT2D eigenvalue weighted by Crippen LogP contribution is -2.63. The van der Waals surface area contributed by atoms with E-state index in [4.69, 9.17) is 14.2 Å². The number of ketones is 1. The Morgan fingerprint density at radius 3 is 2.80 bits per heavy atom. The second kappa shape index (κ2) is 10.9. The lowest BCUT2D eigenvalue weighted by Gasteiger charge is -2.47. The molecule has 0 aliphatic carbocycles. The number of para-hydroxylation sites is 1. The highest BCUT2D eigenvalue weighted by Gasteiger charge is 2.64. The van der Waals surface area contributed by atoms with Gasteiger partial charge in [-0.3, -0.25) is 19.5 Å². The third kappa shape index (κ3) is 4.43. The molecule has 1 amide bonds. The average Bonchev–Trinajstić information content (AvgIpc) is 3.42. The maximum Gasteiger partial charge on any atom is 0.250 e. The minimum absolute atomic E-state index is 0.187. The molecule has 0 radical (unpaired) electrons. The van der Waals surface area contributed by atoms with Crippen LogP contribution in [0.4, 0.5) is 5.69 Å². The molecule has 5 heterocycles. The summed E-state index contributed by atoms with van der Waals surface area (Å²) < 4.78 is 18.6. The number of benzene rings is 1. The van der Waals surface area contributed by atoms with Crippen LogP contribution in [0.3, 0.4) is 0 Å². The van der Waals surface area contributed by atoms with Crippen LogP contribution in [0.25, 0.3) is 0 Å². The summed E-state index contributed by atoms with van der Waals surface area (Å²) in [4.78, 5) is 34.5. The fourth-order valence-corrected chi connectivity index (χ4v) is 7.41. The SMILES string of the molecule is CCCC1OC[C@H]2O[C@@H](CC(=O)[C@@H]3[C@@H](c4cncc(Br)c4)CN(C)[C@@]34C(=O)Nc3ccccc34)[C@H](O)[C@@H](O)[C@@H]2O1. The molecule has 2 aromatic rings. The first-order valence-corrected chi connectivity index (χ1v) is 14.6. The molecule has 1 unspecified atom stereocenters. The van der Waals surface area contributed by atoms with Crippen LogP contribution in [0, 0.1) is 5.92 Å². The van der Waals surface area contributed by atoms with Crippen LogP contribution in [-0.4, -0.2) is 88.8 Å². The number of halogens is 1. The number of nitrogens with one attached hydrogen (secondary N) is 1. The number of amides is 1. The maximum atomic E-state index is 14.4. The normalized spacial score (nSPS) is 37.3. The van der Waals surface area contributed by atoms with E-state index in [0.29, 0.717) is 18.7 Å². The Morgan fingerprint density at radius 2 is 2.02 bits per heavy atom. The van der Waals surface area contributed by atoms with Gasteiger partial charge in [-0.25, -0.2) is 0 Å². The Balaban J connectivity index is 1.33. The highest BCUT2D eigenvalue weighted by molar-refractivity contribution is 9.10. The molecule has 10 nitrogen and oxygen atoms in total. The van der Waals surface area contributed by atoms with Crippen LogP contribution in [0.2, 0.25) is 0 Å². The van der Waals surface area contributed by atoms with Crippen molar-refractivity contribution < 1.29 is 34.0 Å². The van der Waals surface area contributed by atoms with E-state index in [2.05, 4.69) is 26.2 Å². The number of ether oxygens (including phenoxy) is 3. The number of pyridine rings is 1. The zero-order chi connectivity index (χ0) is 28.2. The summed E-state index contributed by atoms with van der Waals surface area (Å²) in [6, 6.07) is 9.36. The van der Waals surface area contributed by atoms with E-state index in [-0.39, 0.29) is 30.6 Å². The summed E-state index contributed by atoms with van der Waals surface area (Å²) in [5, 5.41) is 25.0. The van der Waals surface area contributed by atoms with Gasteiger partial charge in [0.25, 0.3) is 0 Å². The lowest BCUT2D eigenvalue weighted by molar-refractivity contribution is -0.325. The second-order valence-corrected chi connectivity index (χ2v) is 12.1. The summed E-state index contributed by atoms with van der Waals surface area (Å²) in [5.74, 6) is -1.65. The molecule has 11 heteroatoms. The fourth-order valence-electron chi connectivity index (χ4n) is 7.03. The highest BCUT2D eigenvalue weighted by atomic mass is 79.9. The predicted molar refractivity (Wildman–Crippen MR) is 147 cm³/mol. The summed E-state index contributed by atoms with van der Waals surface area (Å²) >= 11 is 3.49. The summed E-state index contributed by atoms with van der Waals surface area (Å²) in [5.41, 5.74) is 1.00. The summed E-state index contributed by atoms with van der Waals surface area (Å²) in [7, 11) is 1.86. The van der Waals surface area contributed by atoms with Gasteiger partial charge in [0.2, 0.25) is 5.91 Å². The molecule has 214 valence electrons. The van der Waals surface area contributed by atoms with Gasteiger partial charge in [0, 0.05) is 47.0 Å². The van der Waals surface area contributed by atoms with E-state index < -0.39 is 48.3 Å². The van der Waals surface area contributed by atoms with Crippen molar-refractivity contribution >= 4 is 33.3 Å². The second-order valence-electron chi connectivity index (χ2n) is 11.2. The number of aliphatic hydroxyl groups excluding tert-OH is 2. The van der Waals surface area contributed by atoms with Crippen LogP contribution >= 0.6 is 15.9 Å². The van der Waals surface area contributed by atoms with Gasteiger partial charge in [0.1, 0.15) is 35.7 Å². The van der Waals surface area contributed by atoms with Crippen LogP contribution in [-0.2, 0) is 29.3 Å². The smallest absolute Gasteiger partial charge is 0.250 e. The number of rotatable bonds is 6. The first-order valence-electron chi connectivity index (χ1n) is 13.8. The molecule has 0 saturated carbocycles. The van der Waals surface area contributed by atoms with Crippen molar-refractivity contribution in [2.45, 2.75) is 74.5 Å². The van der Waals surface area contributed by atoms with Crippen LogP contribution in [0.1, 0.15) is 43.2 Å². The molecule has 40 heavy (non-hydrogen) atoms. The molecular weight excluding hydrogens is 582 g/mol. The van der Waals surface area contributed by atoms with E-state index in [0.717, 1.165) is 22.0 Å². The van der Waals surface area contributed by atoms with Gasteiger partial charge >= 0.3 is 0 Å². The minimum Gasteiger partial charge on any atom is -0.388 e. The molecular formula is C29H34BrN3O7. The van der Waals surface area contributed by atoms with Gasteiger partial charge in [0.05, 0.1) is 18.6 Å². The number of likely N-dealkylation sites (N-methyl/N-ethyl adjacent to an activating group) is 1. The largest absolute Gasteiger partial charge is 0.388 e. The Kier molecular flexibility index (Phi) is 7.58. The van der Waals surface area contributed by atoms with Gasteiger partial charge in [-0.1, -0.05) is 31.5 Å². The first kappa shape index (κ1) is 27.9. The highest BCUT2D eigenvalue weighted by Crippen LogP contribution is 2.55. The number of hydrogen-bond donors (Lipinski definition) is 3. The van der Waals surface area contributed by atoms with E-state index in [1.807, 2.05) is 49.2 Å². The van der Waals surface area contributed by atoms with Crippen LogP contribution in [0.5, 0.6) is 0 Å². The number of carbonyl (C=O) groups is 2. The van der Waals surface area contributed by atoms with Gasteiger partial charge in [-0.15, -0.1) is 0 Å². The predicted octanol–water partition coefficient (Wildman–Crippen LogP) is 2.33. The number of hydrogen-bond acceptors (Lipinski definition) is 9. The topological polar surface area (TPSA) is 130 Å². The van der Waals surface area contributed by atoms with E-state index in [9.17, 15) is 19.8 Å². The van der Waals surface area contributed by atoms with E-state index in [1.165, 1.54) is 0 Å². The number of nitrogens with zero attached hydrogens (tertiary/aromatic N) is 2. The quantitative estimate of drug-likeness (QED) is 0.448. The minimum atomic E-state index is -1.34. The zero-order valence-corrected chi connectivity index (χ0v) is 24.0. The molecule has 1 spiro atoms. The molecule has 1 aromatic carbocycles. The zero-order valence-electron chi connectivity index (χ0n) is 22.4. The number of Topliss-reactive ketones (excluding diaryl/α,β-unsaturated/α-hetero) is 1. The lowest BCUT2D eigenvalue weighted by atomic mass is 9.70. The van der Waals surface area contributed by atoms with Crippen molar-refractivity contribution in [1.29, 1.82) is 0 Å². The van der Waals surface area contributed by atoms with Gasteiger partial charge in [-0.05, 0) is 47.1 Å². The molecule has 4 aliphatic heterocycles. The number of likely N-dealkylation sites (tertiary alicyclic amines) is 1. The van der Waals surface area contributed by atoms with E-state index in [1.54, 1.807) is 12.4 Å². The Labute approximate surface area is 241 Å². The monoisotopic (exact) mass is 615 g/mol. The number of aliphatic hydroxyl groups is 2. The van der Waals surface area contributed by atoms with Crippen molar-refractivity contribution in [3.63, 3.8) is 0 Å². The van der Waals surface area contributed by atoms with Crippen molar-refractivity contribution in [2.75, 3.05) is 25.5 Å². The third-order valence-corrected chi connectivity index (χ3v) is 9.26. The molecule has 3 saturated heterocycles. The number of fused-ring (bicyclic) bond motifs is 3. The number of anilines is 1. The van der Waals surface area contributed by atoms with Crippen LogP contribution in [0.15, 0.2) is 47.2 Å². The Morgan fingerprint density at radius 1 is 1.23 bits per heavy atom. The molecule has 9 atom stereocenters. The molecule has 6 rings (SSSR count). The Bertz CT molecular complexity index is 1290. The van der Waals surface area contributed by atoms with Crippen molar-refractivity contribution in [2.24, 2.45) is 5.92 Å². The standard InChI is InChI=1S/C29H34BrN3O7/c1-3-6-23-38-14-22-27(40-23)26(36)25(35)21(39-22)10-20(34)24-17(15-9-16(30)12-31-11-15)13-33(2)29(24)18-7-4-5-8-19(18)32-28(29)37/h4-5,7-9,11-12,17,21-27,35-36H,3,6,10,13-14H2,1-2H3,(H,32,37)/t17-,21+,22-,23?,24+,25+,26-,27-,29-/m1/s1. The summed E-state index contributed by atoms with van der Waals surface area (Å²) in [6.45, 7) is 2.65. The van der Waals surface area contributed by atoms with Gasteiger partial charge < -0.3 is 29.7 Å². The fraction of sp³-hybridized carbons (Fsp3) is 0.552. The molecule has 3 N–H and O–H groups in total. The van der Waals surface area contributed by atoms with Crippen molar-refractivity contribution in [1.82, 2.24) is 9.88 Å². The Hall–Kier alpha value is -2.25. The number of aromatic nitrogens is 1. The summed E-state index contributed by atoms with van der Waals surface area (Å²) in [6.07, 6.45) is -0.658. The molecule has 4 aliphatic rings. The number of carbonyl (C=O) groups excluding carboxylic acids is 2. The van der Waals surface area contributed by atoms with E-state index >= 15 is 0 Å². The van der Waals surface area contributed by atoms with Crippen LogP contribution < -0.4 is 5.32 Å².